The van der Waals surface area contributed by atoms with E-state index < -0.39 is 54.0 Å². The van der Waals surface area contributed by atoms with E-state index >= 15 is 0 Å². The van der Waals surface area contributed by atoms with E-state index in [4.69, 9.17) is 9.47 Å². The summed E-state index contributed by atoms with van der Waals surface area (Å²) in [6.45, 7) is 4.72. The highest BCUT2D eigenvalue weighted by Gasteiger charge is 2.43. The highest BCUT2D eigenvalue weighted by molar-refractivity contribution is 6.05. The minimum absolute atomic E-state index is 0.0827. The van der Waals surface area contributed by atoms with Crippen LogP contribution in [0.2, 0.25) is 0 Å². The molecule has 0 aromatic heterocycles. The molecule has 2 atom stereocenters. The van der Waals surface area contributed by atoms with Gasteiger partial charge in [-0.15, -0.1) is 0 Å². The van der Waals surface area contributed by atoms with Crippen molar-refractivity contribution < 1.29 is 38.6 Å². The van der Waals surface area contributed by atoms with Crippen LogP contribution in [-0.4, -0.2) is 57.5 Å². The maximum atomic E-state index is 12.8. The molecule has 0 aliphatic carbocycles. The molecule has 10 nitrogen and oxygen atoms in total. The minimum Gasteiger partial charge on any atom is -0.481 e. The molecule has 1 fully saturated rings. The number of nitrogens with zero attached hydrogens (tertiary/aromatic N) is 1. The third kappa shape index (κ3) is 6.03. The average Bonchev–Trinajstić information content (AvgIpc) is 2.95. The lowest BCUT2D eigenvalue weighted by atomic mass is 10.0. The lowest BCUT2D eigenvalue weighted by molar-refractivity contribution is -0.163. The Hall–Kier alpha value is -3.43. The Labute approximate surface area is 173 Å². The van der Waals surface area contributed by atoms with Crippen molar-refractivity contribution in [3.63, 3.8) is 0 Å². The van der Waals surface area contributed by atoms with Crippen LogP contribution < -0.4 is 5.32 Å². The lowest BCUT2D eigenvalue weighted by Gasteiger charge is -2.39. The van der Waals surface area contributed by atoms with Crippen molar-refractivity contribution in [3.8, 4) is 0 Å². The number of imide groups is 1. The fourth-order valence-corrected chi connectivity index (χ4v) is 2.95. The lowest BCUT2D eigenvalue weighted by Crippen LogP contribution is -2.56. The first-order chi connectivity index (χ1) is 14.0. The van der Waals surface area contributed by atoms with Crippen LogP contribution in [-0.2, 0) is 35.3 Å². The van der Waals surface area contributed by atoms with E-state index in [0.717, 1.165) is 4.90 Å². The Morgan fingerprint density at radius 3 is 2.33 bits per heavy atom. The largest absolute Gasteiger partial charge is 0.481 e. The molecule has 3 amide bonds. The normalized spacial score (nSPS) is 17.1. The van der Waals surface area contributed by atoms with Crippen molar-refractivity contribution in [2.45, 2.75) is 57.9 Å². The Kier molecular flexibility index (Phi) is 7.14. The van der Waals surface area contributed by atoms with Gasteiger partial charge < -0.3 is 14.6 Å². The van der Waals surface area contributed by atoms with E-state index in [1.165, 1.54) is 0 Å². The zero-order valence-electron chi connectivity index (χ0n) is 16.9. The summed E-state index contributed by atoms with van der Waals surface area (Å²) >= 11 is 0. The maximum Gasteiger partial charge on any atom is 0.411 e. The van der Waals surface area contributed by atoms with Gasteiger partial charge in [-0.25, -0.2) is 9.59 Å². The first-order valence-electron chi connectivity index (χ1n) is 9.25. The predicted molar refractivity (Wildman–Crippen MR) is 102 cm³/mol. The van der Waals surface area contributed by atoms with Crippen molar-refractivity contribution in [1.29, 1.82) is 0 Å². The molecule has 0 unspecified atom stereocenters. The molecule has 1 aromatic carbocycles. The summed E-state index contributed by atoms with van der Waals surface area (Å²) < 4.78 is 10.4. The standard InChI is InChI=1S/C20H24N2O8/c1-20(2,3)22(19(28)29-11-12-7-5-4-6-8-12)13(9-16(24)25)18(27)30-14-10-15(23)21-17(14)26/h4-8,13-14H,9-11H2,1-3H3,(H,24,25)(H,21,23,26)/t13-,14+/m1/s1. The van der Waals surface area contributed by atoms with E-state index in [1.807, 2.05) is 5.32 Å². The van der Waals surface area contributed by atoms with Crippen molar-refractivity contribution in [2.24, 2.45) is 0 Å². The number of esters is 1. The van der Waals surface area contributed by atoms with Gasteiger partial charge in [0.05, 0.1) is 12.8 Å². The molecule has 1 aliphatic heterocycles. The molecule has 0 radical (unpaired) electrons. The number of benzene rings is 1. The van der Waals surface area contributed by atoms with Crippen LogP contribution in [0.25, 0.3) is 0 Å². The van der Waals surface area contributed by atoms with E-state index in [9.17, 15) is 29.1 Å². The van der Waals surface area contributed by atoms with E-state index in [1.54, 1.807) is 51.1 Å². The summed E-state index contributed by atoms with van der Waals surface area (Å²) in [6.07, 6.45) is -3.41. The smallest absolute Gasteiger partial charge is 0.411 e. The summed E-state index contributed by atoms with van der Waals surface area (Å²) in [5.74, 6) is -3.87. The Morgan fingerprint density at radius 1 is 1.20 bits per heavy atom. The number of aliphatic carboxylic acids is 1. The maximum absolute atomic E-state index is 12.8. The number of hydrogen-bond acceptors (Lipinski definition) is 7. The first-order valence-corrected chi connectivity index (χ1v) is 9.25. The van der Waals surface area contributed by atoms with Crippen molar-refractivity contribution >= 4 is 29.8 Å². The number of carboxylic acids is 1. The average molecular weight is 420 g/mol. The number of rotatable bonds is 7. The summed E-state index contributed by atoms with van der Waals surface area (Å²) in [5.41, 5.74) is -0.307. The van der Waals surface area contributed by atoms with Gasteiger partial charge in [0.25, 0.3) is 5.91 Å². The third-order valence-electron chi connectivity index (χ3n) is 4.26. The zero-order chi connectivity index (χ0) is 22.5. The molecule has 2 rings (SSSR count). The second-order valence-electron chi connectivity index (χ2n) is 7.74. The molecule has 1 aromatic rings. The molecule has 0 saturated carbocycles. The molecule has 10 heteroatoms. The summed E-state index contributed by atoms with van der Waals surface area (Å²) in [4.78, 5) is 60.9. The molecule has 162 valence electrons. The number of carbonyl (C=O) groups excluding carboxylic acids is 4. The number of amides is 3. The fourth-order valence-electron chi connectivity index (χ4n) is 2.95. The van der Waals surface area contributed by atoms with Crippen LogP contribution in [0.4, 0.5) is 4.79 Å². The predicted octanol–water partition coefficient (Wildman–Crippen LogP) is 1.23. The Morgan fingerprint density at radius 2 is 1.83 bits per heavy atom. The molecular weight excluding hydrogens is 396 g/mol. The molecule has 0 spiro atoms. The van der Waals surface area contributed by atoms with Crippen LogP contribution in [0.3, 0.4) is 0 Å². The van der Waals surface area contributed by atoms with Gasteiger partial charge in [0.2, 0.25) is 5.91 Å². The van der Waals surface area contributed by atoms with Crippen molar-refractivity contribution in [2.75, 3.05) is 0 Å². The topological polar surface area (TPSA) is 139 Å². The van der Waals surface area contributed by atoms with E-state index in [2.05, 4.69) is 0 Å². The molecule has 2 N–H and O–H groups in total. The summed E-state index contributed by atoms with van der Waals surface area (Å²) in [6, 6.07) is 7.26. The Bertz CT molecular complexity index is 831. The van der Waals surface area contributed by atoms with Gasteiger partial charge in [-0.1, -0.05) is 30.3 Å². The molecule has 1 saturated heterocycles. The SMILES string of the molecule is CC(C)(C)N(C(=O)OCc1ccccc1)[C@H](CC(=O)O)C(=O)O[C@H]1CC(=O)NC1=O. The molecule has 30 heavy (non-hydrogen) atoms. The second kappa shape index (κ2) is 9.38. The van der Waals surface area contributed by atoms with Gasteiger partial charge in [0.1, 0.15) is 12.6 Å². The van der Waals surface area contributed by atoms with Crippen LogP contribution in [0.1, 0.15) is 39.2 Å². The number of hydrogen-bond donors (Lipinski definition) is 2. The molecular formula is C20H24N2O8. The van der Waals surface area contributed by atoms with Gasteiger partial charge in [-0.3, -0.25) is 24.6 Å². The molecule has 0 bridgehead atoms. The van der Waals surface area contributed by atoms with Gasteiger partial charge >= 0.3 is 18.0 Å². The van der Waals surface area contributed by atoms with Crippen LogP contribution >= 0.6 is 0 Å². The number of carboxylic acid groups (broad SMARTS) is 1. The Balaban J connectivity index is 2.22. The van der Waals surface area contributed by atoms with E-state index in [-0.39, 0.29) is 13.0 Å². The zero-order valence-corrected chi connectivity index (χ0v) is 16.9. The fraction of sp³-hybridized carbons (Fsp3) is 0.450. The number of nitrogens with one attached hydrogen (secondary N) is 1. The van der Waals surface area contributed by atoms with Gasteiger partial charge in [-0.2, -0.15) is 0 Å². The first kappa shape index (κ1) is 22.9. The third-order valence-corrected chi connectivity index (χ3v) is 4.26. The van der Waals surface area contributed by atoms with Crippen molar-refractivity contribution in [3.05, 3.63) is 35.9 Å². The minimum atomic E-state index is -1.56. The number of carbonyl (C=O) groups is 5. The van der Waals surface area contributed by atoms with E-state index in [0.29, 0.717) is 5.56 Å². The molecule has 1 heterocycles. The highest BCUT2D eigenvalue weighted by atomic mass is 16.6. The van der Waals surface area contributed by atoms with Crippen LogP contribution in [0.5, 0.6) is 0 Å². The quantitative estimate of drug-likeness (QED) is 0.496. The van der Waals surface area contributed by atoms with Gasteiger partial charge in [0.15, 0.2) is 6.10 Å². The summed E-state index contributed by atoms with van der Waals surface area (Å²) in [7, 11) is 0. The van der Waals surface area contributed by atoms with Crippen LogP contribution in [0, 0.1) is 0 Å². The van der Waals surface area contributed by atoms with Gasteiger partial charge in [-0.05, 0) is 26.3 Å². The van der Waals surface area contributed by atoms with Crippen LogP contribution in [0.15, 0.2) is 30.3 Å². The molecule has 1 aliphatic rings. The van der Waals surface area contributed by atoms with Crippen molar-refractivity contribution in [1.82, 2.24) is 10.2 Å². The summed E-state index contributed by atoms with van der Waals surface area (Å²) in [5, 5.41) is 11.3. The monoisotopic (exact) mass is 420 g/mol. The highest BCUT2D eigenvalue weighted by Crippen LogP contribution is 2.23. The second-order valence-corrected chi connectivity index (χ2v) is 7.74. The van der Waals surface area contributed by atoms with Gasteiger partial charge in [0, 0.05) is 5.54 Å². The number of ether oxygens (including phenoxy) is 2.